The molecule has 0 bridgehead atoms. The standard InChI is InChI=1S/C22H26N2O3/c1-16-5-3-7-18(13-16)15-27-21(25)19-9-11-24(12-10-19)22(26)23-20-8-4-6-17(2)14-20/h3-8,13-14,19H,9-12,15H2,1-2H3,(H,23,26). The van der Waals surface area contributed by atoms with Crippen LogP contribution >= 0.6 is 0 Å². The van der Waals surface area contributed by atoms with Crippen molar-refractivity contribution in [1.82, 2.24) is 4.90 Å². The van der Waals surface area contributed by atoms with Crippen molar-refractivity contribution in [3.05, 3.63) is 65.2 Å². The maximum absolute atomic E-state index is 12.4. The van der Waals surface area contributed by atoms with Gasteiger partial charge >= 0.3 is 12.0 Å². The lowest BCUT2D eigenvalue weighted by Crippen LogP contribution is -2.42. The molecule has 0 atom stereocenters. The molecule has 1 fully saturated rings. The van der Waals surface area contributed by atoms with Crippen LogP contribution < -0.4 is 5.32 Å². The number of benzene rings is 2. The maximum Gasteiger partial charge on any atom is 0.321 e. The summed E-state index contributed by atoms with van der Waals surface area (Å²) < 4.78 is 5.47. The van der Waals surface area contributed by atoms with Crippen molar-refractivity contribution in [2.24, 2.45) is 5.92 Å². The van der Waals surface area contributed by atoms with E-state index in [0.29, 0.717) is 32.5 Å². The number of likely N-dealkylation sites (tertiary alicyclic amines) is 1. The number of urea groups is 1. The highest BCUT2D eigenvalue weighted by Crippen LogP contribution is 2.20. The molecule has 2 aromatic carbocycles. The van der Waals surface area contributed by atoms with Crippen LogP contribution in [0.25, 0.3) is 0 Å². The molecular formula is C22H26N2O3. The van der Waals surface area contributed by atoms with Crippen LogP contribution in [0.15, 0.2) is 48.5 Å². The molecule has 1 heterocycles. The number of piperidine rings is 1. The quantitative estimate of drug-likeness (QED) is 0.821. The third kappa shape index (κ3) is 5.33. The Balaban J connectivity index is 1.45. The number of rotatable bonds is 4. The Hall–Kier alpha value is -2.82. The lowest BCUT2D eigenvalue weighted by Gasteiger charge is -2.31. The second-order valence-corrected chi connectivity index (χ2v) is 7.16. The van der Waals surface area contributed by atoms with Crippen molar-refractivity contribution in [2.75, 3.05) is 18.4 Å². The van der Waals surface area contributed by atoms with Gasteiger partial charge in [-0.15, -0.1) is 0 Å². The van der Waals surface area contributed by atoms with Crippen LogP contribution in [0.5, 0.6) is 0 Å². The van der Waals surface area contributed by atoms with Gasteiger partial charge < -0.3 is 15.0 Å². The van der Waals surface area contributed by atoms with Crippen molar-refractivity contribution >= 4 is 17.7 Å². The predicted molar refractivity (Wildman–Crippen MR) is 105 cm³/mol. The third-order valence-corrected chi connectivity index (χ3v) is 4.85. The van der Waals surface area contributed by atoms with Gasteiger partial charge in [0.25, 0.3) is 0 Å². The number of hydrogen-bond donors (Lipinski definition) is 1. The van der Waals surface area contributed by atoms with Crippen molar-refractivity contribution in [1.29, 1.82) is 0 Å². The number of amides is 2. The fourth-order valence-electron chi connectivity index (χ4n) is 3.32. The number of anilines is 1. The first-order chi connectivity index (χ1) is 13.0. The zero-order valence-electron chi connectivity index (χ0n) is 15.9. The van der Waals surface area contributed by atoms with Gasteiger partial charge in [0.05, 0.1) is 5.92 Å². The Labute approximate surface area is 160 Å². The molecule has 0 spiro atoms. The Morgan fingerprint density at radius 2 is 1.70 bits per heavy atom. The minimum absolute atomic E-state index is 0.118. The van der Waals surface area contributed by atoms with Crippen molar-refractivity contribution < 1.29 is 14.3 Å². The van der Waals surface area contributed by atoms with E-state index in [1.54, 1.807) is 4.90 Å². The van der Waals surface area contributed by atoms with Crippen molar-refractivity contribution in [3.8, 4) is 0 Å². The number of carbonyl (C=O) groups excluding carboxylic acids is 2. The summed E-state index contributed by atoms with van der Waals surface area (Å²) >= 11 is 0. The summed E-state index contributed by atoms with van der Waals surface area (Å²) in [7, 11) is 0. The van der Waals surface area contributed by atoms with Crippen LogP contribution in [0.4, 0.5) is 10.5 Å². The molecule has 3 rings (SSSR count). The Kier molecular flexibility index (Phi) is 6.12. The smallest absolute Gasteiger partial charge is 0.321 e. The highest BCUT2D eigenvalue weighted by Gasteiger charge is 2.28. The number of nitrogens with zero attached hydrogens (tertiary/aromatic N) is 1. The van der Waals surface area contributed by atoms with E-state index in [0.717, 1.165) is 22.4 Å². The second-order valence-electron chi connectivity index (χ2n) is 7.16. The molecule has 0 radical (unpaired) electrons. The molecule has 0 aliphatic carbocycles. The number of carbonyl (C=O) groups is 2. The van der Waals surface area contributed by atoms with E-state index in [-0.39, 0.29) is 17.9 Å². The van der Waals surface area contributed by atoms with E-state index >= 15 is 0 Å². The molecule has 2 aromatic rings. The summed E-state index contributed by atoms with van der Waals surface area (Å²) in [5, 5.41) is 2.92. The maximum atomic E-state index is 12.4. The van der Waals surface area contributed by atoms with Crippen molar-refractivity contribution in [3.63, 3.8) is 0 Å². The van der Waals surface area contributed by atoms with E-state index in [1.807, 2.05) is 62.4 Å². The second kappa shape index (κ2) is 8.71. The molecule has 5 nitrogen and oxygen atoms in total. The monoisotopic (exact) mass is 366 g/mol. The lowest BCUT2D eigenvalue weighted by atomic mass is 9.97. The minimum Gasteiger partial charge on any atom is -0.461 e. The van der Waals surface area contributed by atoms with Gasteiger partial charge in [-0.3, -0.25) is 4.79 Å². The first-order valence-corrected chi connectivity index (χ1v) is 9.36. The van der Waals surface area contributed by atoms with Gasteiger partial charge in [0.1, 0.15) is 6.61 Å². The average Bonchev–Trinajstić information content (AvgIpc) is 2.66. The van der Waals surface area contributed by atoms with Gasteiger partial charge in [-0.25, -0.2) is 4.79 Å². The molecule has 1 N–H and O–H groups in total. The Morgan fingerprint density at radius 1 is 1.04 bits per heavy atom. The molecule has 5 heteroatoms. The highest BCUT2D eigenvalue weighted by molar-refractivity contribution is 5.89. The largest absolute Gasteiger partial charge is 0.461 e. The molecule has 1 aliphatic heterocycles. The molecule has 0 aromatic heterocycles. The van der Waals surface area contributed by atoms with Gasteiger partial charge in [-0.05, 0) is 49.9 Å². The van der Waals surface area contributed by atoms with Crippen LogP contribution in [0.3, 0.4) is 0 Å². The van der Waals surface area contributed by atoms with Crippen molar-refractivity contribution in [2.45, 2.75) is 33.3 Å². The van der Waals surface area contributed by atoms with Crippen LogP contribution in [0.2, 0.25) is 0 Å². The molecule has 1 saturated heterocycles. The van der Waals surface area contributed by atoms with E-state index in [4.69, 9.17) is 4.74 Å². The number of nitrogens with one attached hydrogen (secondary N) is 1. The van der Waals surface area contributed by atoms with Gasteiger partial charge in [0, 0.05) is 18.8 Å². The molecule has 1 aliphatic rings. The van der Waals surface area contributed by atoms with Crippen LogP contribution in [0, 0.1) is 19.8 Å². The van der Waals surface area contributed by atoms with Crippen LogP contribution in [-0.4, -0.2) is 30.0 Å². The third-order valence-electron chi connectivity index (χ3n) is 4.85. The van der Waals surface area contributed by atoms with Crippen LogP contribution in [0.1, 0.15) is 29.5 Å². The van der Waals surface area contributed by atoms with Gasteiger partial charge in [-0.1, -0.05) is 42.0 Å². The zero-order valence-corrected chi connectivity index (χ0v) is 15.9. The SMILES string of the molecule is Cc1cccc(COC(=O)C2CCN(C(=O)Nc3cccc(C)c3)CC2)c1. The molecule has 0 unspecified atom stereocenters. The normalized spacial score (nSPS) is 14.7. The van der Waals surface area contributed by atoms with Gasteiger partial charge in [-0.2, -0.15) is 0 Å². The molecular weight excluding hydrogens is 340 g/mol. The van der Waals surface area contributed by atoms with E-state index < -0.39 is 0 Å². The number of hydrogen-bond acceptors (Lipinski definition) is 3. The highest BCUT2D eigenvalue weighted by atomic mass is 16.5. The van der Waals surface area contributed by atoms with Gasteiger partial charge in [0.15, 0.2) is 0 Å². The van der Waals surface area contributed by atoms with Crippen LogP contribution in [-0.2, 0) is 16.1 Å². The predicted octanol–water partition coefficient (Wildman–Crippen LogP) is 4.29. The topological polar surface area (TPSA) is 58.6 Å². The fourth-order valence-corrected chi connectivity index (χ4v) is 3.32. The molecule has 2 amide bonds. The molecule has 0 saturated carbocycles. The summed E-state index contributed by atoms with van der Waals surface area (Å²) in [4.78, 5) is 26.5. The number of esters is 1. The number of aryl methyl sites for hydroxylation is 2. The Morgan fingerprint density at radius 3 is 2.37 bits per heavy atom. The summed E-state index contributed by atoms with van der Waals surface area (Å²) in [5.74, 6) is -0.312. The summed E-state index contributed by atoms with van der Waals surface area (Å²) in [6, 6.07) is 15.6. The fraction of sp³-hybridized carbons (Fsp3) is 0.364. The van der Waals surface area contributed by atoms with E-state index in [1.165, 1.54) is 0 Å². The Bertz CT molecular complexity index is 811. The summed E-state index contributed by atoms with van der Waals surface area (Å²) in [6.07, 6.45) is 1.27. The first kappa shape index (κ1) is 19.0. The number of ether oxygens (including phenoxy) is 1. The molecule has 27 heavy (non-hydrogen) atoms. The van der Waals surface area contributed by atoms with Gasteiger partial charge in [0.2, 0.25) is 0 Å². The molecule has 142 valence electrons. The summed E-state index contributed by atoms with van der Waals surface area (Å²) in [5.41, 5.74) is 4.04. The summed E-state index contributed by atoms with van der Waals surface area (Å²) in [6.45, 7) is 5.42. The average molecular weight is 366 g/mol. The lowest BCUT2D eigenvalue weighted by molar-refractivity contribution is -0.151. The van der Waals surface area contributed by atoms with E-state index in [9.17, 15) is 9.59 Å². The minimum atomic E-state index is -0.171. The van der Waals surface area contributed by atoms with E-state index in [2.05, 4.69) is 5.32 Å². The first-order valence-electron chi connectivity index (χ1n) is 9.36. The zero-order chi connectivity index (χ0) is 19.2.